The highest BCUT2D eigenvalue weighted by Gasteiger charge is 2.23. The predicted molar refractivity (Wildman–Crippen MR) is 71.9 cm³/mol. The van der Waals surface area contributed by atoms with Gasteiger partial charge in [-0.05, 0) is 6.92 Å². The second kappa shape index (κ2) is 6.38. The quantitative estimate of drug-likeness (QED) is 0.768. The molecule has 0 radical (unpaired) electrons. The minimum atomic E-state index is -0.503. The minimum Gasteiger partial charge on any atom is -0.489 e. The van der Waals surface area contributed by atoms with E-state index in [2.05, 4.69) is 15.3 Å². The fourth-order valence-electron chi connectivity index (χ4n) is 2.00. The average Bonchev–Trinajstić information content (AvgIpc) is 2.47. The monoisotopic (exact) mass is 282 g/mol. The van der Waals surface area contributed by atoms with Gasteiger partial charge in [-0.1, -0.05) is 0 Å². The molecule has 0 bridgehead atoms. The van der Waals surface area contributed by atoms with Crippen molar-refractivity contribution >= 4 is 11.7 Å². The van der Waals surface area contributed by atoms with Crippen LogP contribution < -0.4 is 15.6 Å². The summed E-state index contributed by atoms with van der Waals surface area (Å²) in [4.78, 5) is 31.9. The van der Waals surface area contributed by atoms with E-state index in [1.165, 1.54) is 13.4 Å². The maximum Gasteiger partial charge on any atom is 0.295 e. The van der Waals surface area contributed by atoms with E-state index in [-0.39, 0.29) is 17.5 Å². The van der Waals surface area contributed by atoms with Crippen LogP contribution in [0.4, 0.5) is 5.82 Å². The lowest BCUT2D eigenvalue weighted by molar-refractivity contribution is -0.135. The Bertz CT molecular complexity index is 524. The van der Waals surface area contributed by atoms with E-state index < -0.39 is 11.6 Å². The van der Waals surface area contributed by atoms with Gasteiger partial charge in [0, 0.05) is 13.1 Å². The van der Waals surface area contributed by atoms with Crippen molar-refractivity contribution in [3.8, 4) is 5.75 Å². The molecule has 1 aliphatic rings. The second-order valence-electron chi connectivity index (χ2n) is 4.42. The van der Waals surface area contributed by atoms with Gasteiger partial charge in [-0.25, -0.2) is 4.98 Å². The summed E-state index contributed by atoms with van der Waals surface area (Å²) >= 11 is 0. The number of amides is 1. The first-order valence-corrected chi connectivity index (χ1v) is 6.38. The highest BCUT2D eigenvalue weighted by atomic mass is 16.5. The van der Waals surface area contributed by atoms with Crippen LogP contribution in [0.15, 0.2) is 11.1 Å². The van der Waals surface area contributed by atoms with Gasteiger partial charge >= 0.3 is 0 Å². The maximum atomic E-state index is 12.2. The van der Waals surface area contributed by atoms with Crippen molar-refractivity contribution in [3.05, 3.63) is 16.7 Å². The van der Waals surface area contributed by atoms with Crippen LogP contribution in [0.1, 0.15) is 6.92 Å². The summed E-state index contributed by atoms with van der Waals surface area (Å²) in [7, 11) is 1.38. The molecule has 1 atom stereocenters. The molecule has 0 spiro atoms. The second-order valence-corrected chi connectivity index (χ2v) is 4.42. The summed E-state index contributed by atoms with van der Waals surface area (Å²) in [5.41, 5.74) is -0.393. The van der Waals surface area contributed by atoms with E-state index in [4.69, 9.17) is 9.47 Å². The molecule has 8 heteroatoms. The predicted octanol–water partition coefficient (Wildman–Crippen LogP) is -0.562. The standard InChI is InChI=1S/C12H18N4O4/c1-8(12(18)16-3-5-20-6-4-16)15-10-9(19-2)11(17)14-7-13-10/h7-8H,3-6H2,1-2H3,(H2,13,14,15,17). The molecular weight excluding hydrogens is 264 g/mol. The fourth-order valence-corrected chi connectivity index (χ4v) is 2.00. The van der Waals surface area contributed by atoms with Crippen LogP contribution in [0, 0.1) is 0 Å². The zero-order valence-corrected chi connectivity index (χ0v) is 11.5. The lowest BCUT2D eigenvalue weighted by atomic mass is 10.2. The zero-order chi connectivity index (χ0) is 14.5. The molecule has 0 aliphatic carbocycles. The number of aromatic amines is 1. The molecule has 2 N–H and O–H groups in total. The Balaban J connectivity index is 2.07. The molecule has 0 saturated carbocycles. The van der Waals surface area contributed by atoms with Crippen molar-refractivity contribution in [2.24, 2.45) is 0 Å². The highest BCUT2D eigenvalue weighted by Crippen LogP contribution is 2.16. The Morgan fingerprint density at radius 2 is 2.25 bits per heavy atom. The molecule has 2 rings (SSSR count). The Hall–Kier alpha value is -2.09. The number of ether oxygens (including phenoxy) is 2. The van der Waals surface area contributed by atoms with Gasteiger partial charge in [-0.3, -0.25) is 9.59 Å². The number of nitrogens with zero attached hydrogens (tertiary/aromatic N) is 2. The summed E-state index contributed by atoms with van der Waals surface area (Å²) in [5.74, 6) is 0.261. The normalized spacial score (nSPS) is 16.6. The largest absolute Gasteiger partial charge is 0.489 e. The number of rotatable bonds is 4. The molecule has 1 fully saturated rings. The summed E-state index contributed by atoms with van der Waals surface area (Å²) in [6, 6.07) is -0.503. The summed E-state index contributed by atoms with van der Waals surface area (Å²) in [6.45, 7) is 3.96. The van der Waals surface area contributed by atoms with E-state index in [9.17, 15) is 9.59 Å². The van der Waals surface area contributed by atoms with Gasteiger partial charge in [0.2, 0.25) is 11.7 Å². The first-order chi connectivity index (χ1) is 9.63. The fraction of sp³-hybridized carbons (Fsp3) is 0.583. The third-order valence-corrected chi connectivity index (χ3v) is 3.06. The highest BCUT2D eigenvalue weighted by molar-refractivity contribution is 5.84. The molecular formula is C12H18N4O4. The molecule has 8 nitrogen and oxygen atoms in total. The molecule has 1 aliphatic heterocycles. The minimum absolute atomic E-state index is 0.0579. The molecule has 1 saturated heterocycles. The van der Waals surface area contributed by atoms with E-state index in [1.807, 2.05) is 0 Å². The third-order valence-electron chi connectivity index (χ3n) is 3.06. The molecule has 1 unspecified atom stereocenters. The van der Waals surface area contributed by atoms with Crippen LogP contribution in [0.25, 0.3) is 0 Å². The van der Waals surface area contributed by atoms with Crippen molar-refractivity contribution in [2.75, 3.05) is 38.7 Å². The van der Waals surface area contributed by atoms with Crippen molar-refractivity contribution in [2.45, 2.75) is 13.0 Å². The molecule has 2 heterocycles. The van der Waals surface area contributed by atoms with Crippen molar-refractivity contribution in [3.63, 3.8) is 0 Å². The number of methoxy groups -OCH3 is 1. The van der Waals surface area contributed by atoms with Gasteiger partial charge in [-0.2, -0.15) is 0 Å². The topological polar surface area (TPSA) is 96.5 Å². The SMILES string of the molecule is COc1c(NC(C)C(=O)N2CCOCC2)nc[nH]c1=O. The summed E-state index contributed by atoms with van der Waals surface area (Å²) < 4.78 is 10.2. The number of hydrogen-bond acceptors (Lipinski definition) is 6. The van der Waals surface area contributed by atoms with Gasteiger partial charge in [0.05, 0.1) is 26.7 Å². The molecule has 20 heavy (non-hydrogen) atoms. The maximum absolute atomic E-state index is 12.2. The van der Waals surface area contributed by atoms with Gasteiger partial charge in [0.1, 0.15) is 6.04 Å². The molecule has 1 aromatic heterocycles. The lowest BCUT2D eigenvalue weighted by Crippen LogP contribution is -2.47. The Labute approximate surface area is 116 Å². The number of nitrogens with one attached hydrogen (secondary N) is 2. The van der Waals surface area contributed by atoms with E-state index in [0.29, 0.717) is 26.3 Å². The third kappa shape index (κ3) is 3.08. The van der Waals surface area contributed by atoms with Crippen LogP contribution in [-0.4, -0.2) is 60.2 Å². The molecule has 0 aromatic carbocycles. The van der Waals surface area contributed by atoms with Crippen LogP contribution in [-0.2, 0) is 9.53 Å². The van der Waals surface area contributed by atoms with Gasteiger partial charge in [0.25, 0.3) is 5.56 Å². The average molecular weight is 282 g/mol. The summed E-state index contributed by atoms with van der Waals surface area (Å²) in [6.07, 6.45) is 1.26. The first-order valence-electron chi connectivity index (χ1n) is 6.38. The van der Waals surface area contributed by atoms with Crippen molar-refractivity contribution < 1.29 is 14.3 Å². The Morgan fingerprint density at radius 1 is 1.55 bits per heavy atom. The zero-order valence-electron chi connectivity index (χ0n) is 11.5. The van der Waals surface area contributed by atoms with Gasteiger partial charge in [-0.15, -0.1) is 0 Å². The lowest BCUT2D eigenvalue weighted by Gasteiger charge is -2.29. The van der Waals surface area contributed by atoms with E-state index >= 15 is 0 Å². The molecule has 1 amide bonds. The number of H-pyrrole nitrogens is 1. The number of carbonyl (C=O) groups is 1. The number of hydrogen-bond donors (Lipinski definition) is 2. The first kappa shape index (κ1) is 14.3. The Kier molecular flexibility index (Phi) is 4.57. The van der Waals surface area contributed by atoms with Crippen LogP contribution >= 0.6 is 0 Å². The summed E-state index contributed by atoms with van der Waals surface area (Å²) in [5, 5.41) is 2.91. The van der Waals surface area contributed by atoms with Crippen LogP contribution in [0.3, 0.4) is 0 Å². The Morgan fingerprint density at radius 3 is 2.90 bits per heavy atom. The van der Waals surface area contributed by atoms with Gasteiger partial charge in [0.15, 0.2) is 5.82 Å². The molecule has 110 valence electrons. The van der Waals surface area contributed by atoms with Gasteiger partial charge < -0.3 is 24.7 Å². The number of aromatic nitrogens is 2. The smallest absolute Gasteiger partial charge is 0.295 e. The number of anilines is 1. The van der Waals surface area contributed by atoms with E-state index in [0.717, 1.165) is 0 Å². The van der Waals surface area contributed by atoms with Crippen molar-refractivity contribution in [1.82, 2.24) is 14.9 Å². The number of carbonyl (C=O) groups excluding carboxylic acids is 1. The van der Waals surface area contributed by atoms with Crippen LogP contribution in [0.5, 0.6) is 5.75 Å². The van der Waals surface area contributed by atoms with E-state index in [1.54, 1.807) is 11.8 Å². The number of morpholine rings is 1. The van der Waals surface area contributed by atoms with Crippen LogP contribution in [0.2, 0.25) is 0 Å². The molecule has 1 aromatic rings. The van der Waals surface area contributed by atoms with Crippen molar-refractivity contribution in [1.29, 1.82) is 0 Å².